The van der Waals surface area contributed by atoms with E-state index in [0.717, 1.165) is 5.69 Å². The molecule has 1 aliphatic heterocycles. The first kappa shape index (κ1) is 16.8. The molecule has 1 aromatic heterocycles. The average molecular weight is 343 g/mol. The highest BCUT2D eigenvalue weighted by molar-refractivity contribution is 5.96. The first-order valence-electron chi connectivity index (χ1n) is 7.85. The number of piperazine rings is 1. The molecule has 0 bridgehead atoms. The minimum atomic E-state index is -0.797. The number of nitrogens with two attached hydrogens (primary N) is 1. The zero-order chi connectivity index (χ0) is 18.0. The van der Waals surface area contributed by atoms with Crippen LogP contribution in [0.5, 0.6) is 0 Å². The summed E-state index contributed by atoms with van der Waals surface area (Å²) in [6, 6.07) is 5.18. The number of carbonyl (C=O) groups is 2. The summed E-state index contributed by atoms with van der Waals surface area (Å²) >= 11 is 0. The monoisotopic (exact) mass is 343 g/mol. The van der Waals surface area contributed by atoms with Crippen molar-refractivity contribution in [2.24, 2.45) is 5.73 Å². The third-order valence-corrected chi connectivity index (χ3v) is 4.16. The van der Waals surface area contributed by atoms with E-state index in [1.54, 1.807) is 19.1 Å². The smallest absolute Gasteiger partial charge is 0.274 e. The van der Waals surface area contributed by atoms with Crippen molar-refractivity contribution in [1.82, 2.24) is 14.9 Å². The summed E-state index contributed by atoms with van der Waals surface area (Å²) in [6.45, 7) is 2.82. The maximum absolute atomic E-state index is 13.1. The molecule has 1 unspecified atom stereocenters. The fourth-order valence-corrected chi connectivity index (χ4v) is 2.81. The molecule has 7 nitrogen and oxygen atoms in total. The number of hydrogen-bond donors (Lipinski definition) is 1. The topological polar surface area (TPSA) is 92.4 Å². The molecule has 1 atom stereocenters. The van der Waals surface area contributed by atoms with Gasteiger partial charge in [0.25, 0.3) is 5.91 Å². The van der Waals surface area contributed by atoms with E-state index in [2.05, 4.69) is 9.97 Å². The van der Waals surface area contributed by atoms with Crippen LogP contribution in [0.1, 0.15) is 16.2 Å². The van der Waals surface area contributed by atoms with Gasteiger partial charge in [0.1, 0.15) is 17.6 Å². The average Bonchev–Trinajstić information content (AvgIpc) is 2.62. The van der Waals surface area contributed by atoms with Crippen LogP contribution in [0.15, 0.2) is 36.7 Å². The number of aryl methyl sites for hydroxylation is 1. The van der Waals surface area contributed by atoms with Gasteiger partial charge in [-0.1, -0.05) is 0 Å². The van der Waals surface area contributed by atoms with E-state index in [1.165, 1.54) is 29.4 Å². The molecule has 0 saturated carbocycles. The van der Waals surface area contributed by atoms with Crippen LogP contribution in [0.3, 0.4) is 0 Å². The van der Waals surface area contributed by atoms with E-state index >= 15 is 0 Å². The van der Waals surface area contributed by atoms with Gasteiger partial charge in [0, 0.05) is 31.5 Å². The van der Waals surface area contributed by atoms with E-state index in [0.29, 0.717) is 18.8 Å². The number of hydrogen-bond acceptors (Lipinski definition) is 5. The van der Waals surface area contributed by atoms with Gasteiger partial charge in [0.2, 0.25) is 5.91 Å². The Labute approximate surface area is 144 Å². The van der Waals surface area contributed by atoms with Crippen molar-refractivity contribution in [3.05, 3.63) is 53.9 Å². The highest BCUT2D eigenvalue weighted by Crippen LogP contribution is 2.20. The van der Waals surface area contributed by atoms with Crippen LogP contribution >= 0.6 is 0 Å². The van der Waals surface area contributed by atoms with E-state index in [-0.39, 0.29) is 24.0 Å². The number of aromatic nitrogens is 2. The molecule has 2 amide bonds. The molecular formula is C17H18FN5O2. The fraction of sp³-hybridized carbons (Fsp3) is 0.294. The predicted octanol–water partition coefficient (Wildman–Crippen LogP) is 0.740. The second-order valence-electron chi connectivity index (χ2n) is 5.88. The van der Waals surface area contributed by atoms with E-state index in [9.17, 15) is 14.0 Å². The van der Waals surface area contributed by atoms with Gasteiger partial charge in [-0.2, -0.15) is 0 Å². The first-order chi connectivity index (χ1) is 12.0. The quantitative estimate of drug-likeness (QED) is 0.887. The number of halogens is 1. The van der Waals surface area contributed by atoms with Gasteiger partial charge in [0.15, 0.2) is 0 Å². The molecule has 1 aromatic carbocycles. The fourth-order valence-electron chi connectivity index (χ4n) is 2.81. The highest BCUT2D eigenvalue weighted by atomic mass is 19.1. The Bertz CT molecular complexity index is 779. The maximum atomic E-state index is 13.1. The van der Waals surface area contributed by atoms with Gasteiger partial charge in [-0.25, -0.2) is 9.37 Å². The van der Waals surface area contributed by atoms with E-state index in [1.807, 2.05) is 4.90 Å². The standard InChI is InChI=1S/C17H18FN5O2/c1-11-8-21-14(9-20-11)17(25)23-7-6-22(10-15(23)16(19)24)13-4-2-12(18)3-5-13/h2-5,8-9,15H,6-7,10H2,1H3,(H2,19,24). The SMILES string of the molecule is Cc1cnc(C(=O)N2CCN(c3ccc(F)cc3)CC2C(N)=O)cn1. The summed E-state index contributed by atoms with van der Waals surface area (Å²) in [5, 5.41) is 0. The summed E-state index contributed by atoms with van der Waals surface area (Å²) in [7, 11) is 0. The van der Waals surface area contributed by atoms with E-state index < -0.39 is 11.9 Å². The van der Waals surface area contributed by atoms with Crippen molar-refractivity contribution in [2.75, 3.05) is 24.5 Å². The number of nitrogens with zero attached hydrogens (tertiary/aromatic N) is 4. The Morgan fingerprint density at radius 3 is 2.48 bits per heavy atom. The number of benzene rings is 1. The van der Waals surface area contributed by atoms with Gasteiger partial charge >= 0.3 is 0 Å². The van der Waals surface area contributed by atoms with Gasteiger partial charge in [-0.15, -0.1) is 0 Å². The van der Waals surface area contributed by atoms with E-state index in [4.69, 9.17) is 5.73 Å². The molecule has 0 spiro atoms. The first-order valence-corrected chi connectivity index (χ1v) is 7.85. The lowest BCUT2D eigenvalue weighted by molar-refractivity contribution is -0.122. The molecule has 2 N–H and O–H groups in total. The number of rotatable bonds is 3. The third kappa shape index (κ3) is 3.57. The zero-order valence-electron chi connectivity index (χ0n) is 13.7. The zero-order valence-corrected chi connectivity index (χ0v) is 13.7. The number of amides is 2. The minimum absolute atomic E-state index is 0.173. The Kier molecular flexibility index (Phi) is 4.60. The van der Waals surface area contributed by atoms with Gasteiger partial charge in [-0.05, 0) is 31.2 Å². The molecule has 8 heteroatoms. The molecule has 0 aliphatic carbocycles. The summed E-state index contributed by atoms with van der Waals surface area (Å²) < 4.78 is 13.1. The second-order valence-corrected chi connectivity index (χ2v) is 5.88. The van der Waals surface area contributed by atoms with Gasteiger partial charge in [0.05, 0.1) is 11.9 Å². The van der Waals surface area contributed by atoms with Crippen molar-refractivity contribution in [2.45, 2.75) is 13.0 Å². The molecule has 2 aromatic rings. The van der Waals surface area contributed by atoms with Crippen molar-refractivity contribution in [3.8, 4) is 0 Å². The Morgan fingerprint density at radius 1 is 1.16 bits per heavy atom. The summed E-state index contributed by atoms with van der Waals surface area (Å²) in [6.07, 6.45) is 2.89. The Hall–Kier alpha value is -3.03. The lowest BCUT2D eigenvalue weighted by Gasteiger charge is -2.40. The molecule has 1 fully saturated rings. The van der Waals surface area contributed by atoms with Crippen LogP contribution in [-0.2, 0) is 4.79 Å². The van der Waals surface area contributed by atoms with Gasteiger partial charge in [-0.3, -0.25) is 14.6 Å². The number of carbonyl (C=O) groups excluding carboxylic acids is 2. The molecule has 25 heavy (non-hydrogen) atoms. The van der Waals surface area contributed by atoms with Crippen LogP contribution in [0.2, 0.25) is 0 Å². The molecule has 1 saturated heterocycles. The maximum Gasteiger partial charge on any atom is 0.274 e. The number of anilines is 1. The molecule has 2 heterocycles. The van der Waals surface area contributed by atoms with Crippen LogP contribution < -0.4 is 10.6 Å². The molecule has 130 valence electrons. The molecular weight excluding hydrogens is 325 g/mol. The third-order valence-electron chi connectivity index (χ3n) is 4.16. The summed E-state index contributed by atoms with van der Waals surface area (Å²) in [5.41, 5.74) is 7.15. The predicted molar refractivity (Wildman–Crippen MR) is 89.4 cm³/mol. The van der Waals surface area contributed by atoms with Crippen LogP contribution in [0, 0.1) is 12.7 Å². The molecule has 0 radical (unpaired) electrons. The van der Waals surface area contributed by atoms with Crippen molar-refractivity contribution in [1.29, 1.82) is 0 Å². The number of primary amides is 1. The minimum Gasteiger partial charge on any atom is -0.368 e. The lowest BCUT2D eigenvalue weighted by Crippen LogP contribution is -2.60. The normalized spacial score (nSPS) is 17.4. The second kappa shape index (κ2) is 6.84. The van der Waals surface area contributed by atoms with Gasteiger partial charge < -0.3 is 15.5 Å². The van der Waals surface area contributed by atoms with Crippen molar-refractivity contribution < 1.29 is 14.0 Å². The van der Waals surface area contributed by atoms with Crippen LogP contribution in [-0.4, -0.2) is 52.4 Å². The molecule has 3 rings (SSSR count). The summed E-state index contributed by atoms with van der Waals surface area (Å²) in [5.74, 6) is -1.31. The van der Waals surface area contributed by atoms with Crippen molar-refractivity contribution in [3.63, 3.8) is 0 Å². The molecule has 1 aliphatic rings. The largest absolute Gasteiger partial charge is 0.368 e. The van der Waals surface area contributed by atoms with Crippen LogP contribution in [0.4, 0.5) is 10.1 Å². The van der Waals surface area contributed by atoms with Crippen LogP contribution in [0.25, 0.3) is 0 Å². The summed E-state index contributed by atoms with van der Waals surface area (Å²) in [4.78, 5) is 36.0. The Balaban J connectivity index is 1.80. The van der Waals surface area contributed by atoms with Crippen molar-refractivity contribution >= 4 is 17.5 Å². The Morgan fingerprint density at radius 2 is 1.88 bits per heavy atom. The lowest BCUT2D eigenvalue weighted by atomic mass is 10.1. The highest BCUT2D eigenvalue weighted by Gasteiger charge is 2.35.